The van der Waals surface area contributed by atoms with Crippen molar-refractivity contribution in [2.24, 2.45) is 17.4 Å². The maximum Gasteiger partial charge on any atom is 0.174 e. The molecule has 138 valence electrons. The van der Waals surface area contributed by atoms with E-state index in [0.29, 0.717) is 17.2 Å². The van der Waals surface area contributed by atoms with Crippen LogP contribution in [-0.2, 0) is 0 Å². The Bertz CT molecular complexity index is 836. The van der Waals surface area contributed by atoms with Gasteiger partial charge in [0.15, 0.2) is 5.82 Å². The number of hydrogen-bond donors (Lipinski definition) is 4. The van der Waals surface area contributed by atoms with Gasteiger partial charge in [0.05, 0.1) is 11.4 Å². The van der Waals surface area contributed by atoms with Crippen LogP contribution in [0.4, 0.5) is 10.1 Å². The second-order valence-corrected chi connectivity index (χ2v) is 7.44. The van der Waals surface area contributed by atoms with Crippen LogP contribution in [0.5, 0.6) is 0 Å². The van der Waals surface area contributed by atoms with Crippen LogP contribution in [0.1, 0.15) is 37.1 Å². The Balaban J connectivity index is 1.68. The van der Waals surface area contributed by atoms with Gasteiger partial charge in [-0.3, -0.25) is 0 Å². The van der Waals surface area contributed by atoms with Gasteiger partial charge in [0.2, 0.25) is 0 Å². The maximum absolute atomic E-state index is 14.2. The second kappa shape index (κ2) is 6.41. The summed E-state index contributed by atoms with van der Waals surface area (Å²) in [5, 5.41) is 3.19. The van der Waals surface area contributed by atoms with Crippen LogP contribution in [0.2, 0.25) is 0 Å². The molecule has 0 spiro atoms. The molecule has 1 unspecified atom stereocenters. The van der Waals surface area contributed by atoms with E-state index in [9.17, 15) is 4.39 Å². The Morgan fingerprint density at radius 3 is 2.85 bits per heavy atom. The summed E-state index contributed by atoms with van der Waals surface area (Å²) in [7, 11) is 0. The molecular formula is C19H25FN6. The molecule has 2 aromatic rings. The van der Waals surface area contributed by atoms with Crippen LogP contribution in [0, 0.1) is 18.7 Å². The Morgan fingerprint density at radius 1 is 1.31 bits per heavy atom. The van der Waals surface area contributed by atoms with Gasteiger partial charge in [0, 0.05) is 24.4 Å². The molecule has 6 nitrogen and oxygen atoms in total. The molecule has 1 atom stereocenters. The Kier molecular flexibility index (Phi) is 4.20. The quantitative estimate of drug-likeness (QED) is 0.678. The van der Waals surface area contributed by atoms with Crippen molar-refractivity contribution in [3.63, 3.8) is 0 Å². The lowest BCUT2D eigenvalue weighted by Gasteiger charge is -2.42. The van der Waals surface area contributed by atoms with E-state index in [1.54, 1.807) is 18.3 Å². The average Bonchev–Trinajstić information content (AvgIpc) is 3.07. The Hall–Kier alpha value is -2.38. The van der Waals surface area contributed by atoms with E-state index < -0.39 is 5.66 Å². The fourth-order valence-electron chi connectivity index (χ4n) is 3.92. The van der Waals surface area contributed by atoms with E-state index in [1.807, 2.05) is 23.9 Å². The number of rotatable bonds is 3. The number of nitrogens with two attached hydrogens (primary N) is 2. The third-order valence-electron chi connectivity index (χ3n) is 5.42. The third-order valence-corrected chi connectivity index (χ3v) is 5.42. The number of aromatic nitrogens is 2. The minimum absolute atomic E-state index is 0.247. The van der Waals surface area contributed by atoms with E-state index in [1.165, 1.54) is 6.07 Å². The molecule has 0 amide bonds. The van der Waals surface area contributed by atoms with Crippen molar-refractivity contribution in [1.29, 1.82) is 0 Å². The number of benzene rings is 1. The van der Waals surface area contributed by atoms with Crippen molar-refractivity contribution >= 4 is 11.4 Å². The van der Waals surface area contributed by atoms with Crippen molar-refractivity contribution in [3.05, 3.63) is 53.9 Å². The van der Waals surface area contributed by atoms with Gasteiger partial charge < -0.3 is 22.2 Å². The molecule has 2 heterocycles. The predicted octanol–water partition coefficient (Wildman–Crippen LogP) is 2.51. The number of nitrogens with zero attached hydrogens (tertiary/aromatic N) is 2. The summed E-state index contributed by atoms with van der Waals surface area (Å²) in [6.07, 6.45) is 9.31. The highest BCUT2D eigenvalue weighted by atomic mass is 19.1. The molecule has 1 aromatic carbocycles. The van der Waals surface area contributed by atoms with E-state index in [2.05, 4.69) is 15.7 Å². The van der Waals surface area contributed by atoms with Crippen molar-refractivity contribution in [2.75, 3.05) is 10.7 Å². The van der Waals surface area contributed by atoms with E-state index in [0.717, 1.165) is 31.2 Å². The van der Waals surface area contributed by atoms with Crippen molar-refractivity contribution in [2.45, 2.75) is 44.3 Å². The van der Waals surface area contributed by atoms with E-state index >= 15 is 0 Å². The predicted molar refractivity (Wildman–Crippen MR) is 101 cm³/mol. The van der Waals surface area contributed by atoms with Gasteiger partial charge in [0.1, 0.15) is 11.5 Å². The topological polar surface area (TPSA) is 93.9 Å². The highest BCUT2D eigenvalue weighted by Gasteiger charge is 2.39. The number of hydrogen-bond acceptors (Lipinski definition) is 5. The number of imidazole rings is 1. The lowest BCUT2D eigenvalue weighted by molar-refractivity contribution is 0.239. The first-order valence-corrected chi connectivity index (χ1v) is 9.07. The molecule has 0 saturated heterocycles. The molecular weight excluding hydrogens is 331 g/mol. The largest absolute Gasteiger partial charge is 0.350 e. The van der Waals surface area contributed by atoms with Crippen LogP contribution in [-0.4, -0.2) is 21.4 Å². The molecule has 7 heteroatoms. The van der Waals surface area contributed by atoms with Crippen LogP contribution in [0.25, 0.3) is 5.70 Å². The zero-order valence-corrected chi connectivity index (χ0v) is 14.9. The summed E-state index contributed by atoms with van der Waals surface area (Å²) < 4.78 is 16.0. The number of anilines is 1. The van der Waals surface area contributed by atoms with Crippen LogP contribution >= 0.6 is 0 Å². The lowest BCUT2D eigenvalue weighted by atomic mass is 9.78. The summed E-state index contributed by atoms with van der Waals surface area (Å²) >= 11 is 0. The SMILES string of the molecule is Cc1ccc(F)c(NC2=CC(N)(C3CCC(N)CC3)Nn3ccnc32)c1. The van der Waals surface area contributed by atoms with Crippen LogP contribution in [0.3, 0.4) is 0 Å². The fraction of sp³-hybridized carbons (Fsp3) is 0.421. The van der Waals surface area contributed by atoms with Crippen LogP contribution < -0.4 is 22.2 Å². The first-order valence-electron chi connectivity index (χ1n) is 9.07. The Labute approximate surface area is 152 Å². The minimum Gasteiger partial charge on any atom is -0.350 e. The summed E-state index contributed by atoms with van der Waals surface area (Å²) in [6.45, 7) is 1.93. The molecule has 1 aliphatic heterocycles. The molecule has 26 heavy (non-hydrogen) atoms. The van der Waals surface area contributed by atoms with Gasteiger partial charge in [-0.2, -0.15) is 0 Å². The normalized spacial score (nSPS) is 28.1. The number of fused-ring (bicyclic) bond motifs is 1. The van der Waals surface area contributed by atoms with Gasteiger partial charge in [-0.1, -0.05) is 6.07 Å². The molecule has 1 fully saturated rings. The molecule has 1 aliphatic carbocycles. The van der Waals surface area contributed by atoms with Gasteiger partial charge in [-0.25, -0.2) is 14.1 Å². The number of aryl methyl sites for hydroxylation is 1. The van der Waals surface area contributed by atoms with Gasteiger partial charge in [0.25, 0.3) is 0 Å². The second-order valence-electron chi connectivity index (χ2n) is 7.44. The molecule has 6 N–H and O–H groups in total. The average molecular weight is 356 g/mol. The summed E-state index contributed by atoms with van der Waals surface area (Å²) in [4.78, 5) is 4.38. The summed E-state index contributed by atoms with van der Waals surface area (Å²) in [6, 6.07) is 5.24. The minimum atomic E-state index is -0.740. The van der Waals surface area contributed by atoms with E-state index in [-0.39, 0.29) is 17.8 Å². The summed E-state index contributed by atoms with van der Waals surface area (Å²) in [5.74, 6) is 0.621. The van der Waals surface area contributed by atoms with Crippen molar-refractivity contribution in [3.8, 4) is 0 Å². The van der Waals surface area contributed by atoms with Gasteiger partial charge in [-0.15, -0.1) is 0 Å². The summed E-state index contributed by atoms with van der Waals surface area (Å²) in [5.41, 5.74) is 17.5. The lowest BCUT2D eigenvalue weighted by Crippen LogP contribution is -2.58. The smallest absolute Gasteiger partial charge is 0.174 e. The standard InChI is InChI=1S/C19H25FN6/c1-12-2-7-15(20)16(10-12)24-17-11-19(22,13-3-5-14(21)6-4-13)25-26-9-8-23-18(17)26/h2,7-11,13-14,24-25H,3-6,21-22H2,1H3. The zero-order chi connectivity index (χ0) is 18.3. The van der Waals surface area contributed by atoms with Gasteiger partial charge in [-0.05, 0) is 56.4 Å². The van der Waals surface area contributed by atoms with Gasteiger partial charge >= 0.3 is 0 Å². The zero-order valence-electron chi connectivity index (χ0n) is 14.9. The highest BCUT2D eigenvalue weighted by molar-refractivity contribution is 5.76. The number of nitrogens with one attached hydrogen (secondary N) is 2. The Morgan fingerprint density at radius 2 is 2.08 bits per heavy atom. The first kappa shape index (κ1) is 17.1. The molecule has 1 saturated carbocycles. The molecule has 4 rings (SSSR count). The third kappa shape index (κ3) is 3.08. The number of halogens is 1. The molecule has 0 bridgehead atoms. The van der Waals surface area contributed by atoms with Crippen molar-refractivity contribution in [1.82, 2.24) is 9.66 Å². The van der Waals surface area contributed by atoms with E-state index in [4.69, 9.17) is 11.5 Å². The monoisotopic (exact) mass is 356 g/mol. The highest BCUT2D eigenvalue weighted by Crippen LogP contribution is 2.35. The first-order chi connectivity index (χ1) is 12.4. The molecule has 0 radical (unpaired) electrons. The fourth-order valence-corrected chi connectivity index (χ4v) is 3.92. The maximum atomic E-state index is 14.2. The van der Waals surface area contributed by atoms with Crippen LogP contribution in [0.15, 0.2) is 36.7 Å². The van der Waals surface area contributed by atoms with Crippen molar-refractivity contribution < 1.29 is 4.39 Å². The molecule has 2 aliphatic rings. The molecule has 1 aromatic heterocycles.